The number of nitrogens with two attached hydrogens (primary N) is 1. The summed E-state index contributed by atoms with van der Waals surface area (Å²) < 4.78 is 18.7. The van der Waals surface area contributed by atoms with Crippen LogP contribution in [0.3, 0.4) is 0 Å². The van der Waals surface area contributed by atoms with Crippen LogP contribution in [0, 0.1) is 11.2 Å². The predicted molar refractivity (Wildman–Crippen MR) is 74.0 cm³/mol. The van der Waals surface area contributed by atoms with E-state index in [4.69, 9.17) is 39.1 Å². The number of benzene rings is 2. The summed E-state index contributed by atoms with van der Waals surface area (Å²) in [5.41, 5.74) is 5.83. The molecule has 0 bridgehead atoms. The average Bonchev–Trinajstić information content (AvgIpc) is 2.36. The monoisotopic (exact) mass is 298 g/mol. The molecule has 3 nitrogen and oxygen atoms in total. The lowest BCUT2D eigenvalue weighted by atomic mass is 10.2. The molecule has 0 amide bonds. The molecule has 19 heavy (non-hydrogen) atoms. The van der Waals surface area contributed by atoms with Crippen molar-refractivity contribution in [1.29, 1.82) is 5.41 Å². The van der Waals surface area contributed by atoms with Crippen molar-refractivity contribution < 1.29 is 9.13 Å². The number of hydrogen-bond acceptors (Lipinski definition) is 2. The van der Waals surface area contributed by atoms with Gasteiger partial charge in [-0.05, 0) is 30.3 Å². The second-order valence-corrected chi connectivity index (χ2v) is 4.55. The van der Waals surface area contributed by atoms with E-state index < -0.39 is 5.82 Å². The number of ether oxygens (including phenoxy) is 1. The lowest BCUT2D eigenvalue weighted by Crippen LogP contribution is -2.10. The minimum atomic E-state index is -0.573. The fourth-order valence-corrected chi connectivity index (χ4v) is 1.76. The van der Waals surface area contributed by atoms with Crippen molar-refractivity contribution in [3.63, 3.8) is 0 Å². The van der Waals surface area contributed by atoms with Crippen molar-refractivity contribution in [3.8, 4) is 11.5 Å². The number of nitrogen functional groups attached to an aromatic ring is 1. The summed E-state index contributed by atoms with van der Waals surface area (Å²) in [7, 11) is 0. The molecular formula is C13H9Cl2FN2O. The Kier molecular flexibility index (Phi) is 3.93. The van der Waals surface area contributed by atoms with Gasteiger partial charge in [0.1, 0.15) is 23.2 Å². The summed E-state index contributed by atoms with van der Waals surface area (Å²) in [6.07, 6.45) is 0. The Labute approximate surface area is 119 Å². The Hall–Kier alpha value is -1.78. The molecule has 2 aromatic rings. The molecule has 0 heterocycles. The van der Waals surface area contributed by atoms with Gasteiger partial charge in [0.25, 0.3) is 0 Å². The molecule has 0 aliphatic carbocycles. The van der Waals surface area contributed by atoms with E-state index in [0.29, 0.717) is 11.3 Å². The summed E-state index contributed by atoms with van der Waals surface area (Å²) in [6.45, 7) is 0. The molecule has 0 spiro atoms. The molecule has 0 atom stereocenters. The lowest BCUT2D eigenvalue weighted by Gasteiger charge is -2.09. The fraction of sp³-hybridized carbons (Fsp3) is 0. The molecular weight excluding hydrogens is 290 g/mol. The van der Waals surface area contributed by atoms with Crippen LogP contribution in [0.4, 0.5) is 4.39 Å². The van der Waals surface area contributed by atoms with Crippen molar-refractivity contribution in [2.45, 2.75) is 0 Å². The molecule has 6 heteroatoms. The molecule has 0 aliphatic heterocycles. The van der Waals surface area contributed by atoms with Crippen LogP contribution in [-0.4, -0.2) is 5.84 Å². The van der Waals surface area contributed by atoms with E-state index in [9.17, 15) is 4.39 Å². The number of halogens is 3. The minimum Gasteiger partial charge on any atom is -0.456 e. The van der Waals surface area contributed by atoms with Crippen molar-refractivity contribution in [2.24, 2.45) is 5.73 Å². The van der Waals surface area contributed by atoms with E-state index in [2.05, 4.69) is 0 Å². The zero-order valence-electron chi connectivity index (χ0n) is 9.58. The van der Waals surface area contributed by atoms with Crippen LogP contribution in [0.25, 0.3) is 0 Å². The van der Waals surface area contributed by atoms with Crippen LogP contribution in [0.15, 0.2) is 36.4 Å². The Morgan fingerprint density at radius 2 is 1.84 bits per heavy atom. The molecule has 2 rings (SSSR count). The van der Waals surface area contributed by atoms with Gasteiger partial charge in [-0.1, -0.05) is 23.2 Å². The number of rotatable bonds is 3. The van der Waals surface area contributed by atoms with E-state index in [-0.39, 0.29) is 21.6 Å². The summed E-state index contributed by atoms with van der Waals surface area (Å²) in [5.74, 6) is -0.0469. The molecule has 0 fully saturated rings. The molecule has 0 saturated heterocycles. The van der Waals surface area contributed by atoms with Crippen LogP contribution in [0.1, 0.15) is 5.56 Å². The molecule has 0 unspecified atom stereocenters. The van der Waals surface area contributed by atoms with Gasteiger partial charge in [0.15, 0.2) is 0 Å². The first-order valence-electron chi connectivity index (χ1n) is 5.24. The van der Waals surface area contributed by atoms with Gasteiger partial charge in [-0.3, -0.25) is 5.41 Å². The third-order valence-electron chi connectivity index (χ3n) is 2.36. The summed E-state index contributed by atoms with van der Waals surface area (Å²) in [5, 5.41) is 7.59. The van der Waals surface area contributed by atoms with Gasteiger partial charge in [-0.25, -0.2) is 4.39 Å². The average molecular weight is 299 g/mol. The van der Waals surface area contributed by atoms with Crippen molar-refractivity contribution in [2.75, 3.05) is 0 Å². The standard InChI is InChI=1S/C13H9Cl2FN2O/c14-9-3-2-8(6-11(9)16)19-12-4-1-7(13(17)18)5-10(12)15/h1-6H,(H3,17,18). The largest absolute Gasteiger partial charge is 0.456 e. The third-order valence-corrected chi connectivity index (χ3v) is 2.96. The first-order chi connectivity index (χ1) is 8.97. The van der Waals surface area contributed by atoms with Crippen LogP contribution >= 0.6 is 23.2 Å². The van der Waals surface area contributed by atoms with Gasteiger partial charge in [0, 0.05) is 11.6 Å². The zero-order valence-corrected chi connectivity index (χ0v) is 11.1. The molecule has 3 N–H and O–H groups in total. The zero-order chi connectivity index (χ0) is 14.0. The Balaban J connectivity index is 2.28. The number of hydrogen-bond donors (Lipinski definition) is 2. The minimum absolute atomic E-state index is 0.0189. The van der Waals surface area contributed by atoms with E-state index in [0.717, 1.165) is 6.07 Å². The van der Waals surface area contributed by atoms with Gasteiger partial charge < -0.3 is 10.5 Å². The summed E-state index contributed by atoms with van der Waals surface area (Å²) in [6, 6.07) is 8.75. The van der Waals surface area contributed by atoms with Crippen LogP contribution in [0.2, 0.25) is 10.0 Å². The maximum absolute atomic E-state index is 13.3. The first-order valence-corrected chi connectivity index (χ1v) is 6.00. The van der Waals surface area contributed by atoms with Gasteiger partial charge in [0.05, 0.1) is 10.0 Å². The van der Waals surface area contributed by atoms with E-state index in [1.165, 1.54) is 18.2 Å². The highest BCUT2D eigenvalue weighted by atomic mass is 35.5. The van der Waals surface area contributed by atoms with Crippen LogP contribution < -0.4 is 10.5 Å². The van der Waals surface area contributed by atoms with Crippen molar-refractivity contribution >= 4 is 29.0 Å². The van der Waals surface area contributed by atoms with Crippen LogP contribution in [0.5, 0.6) is 11.5 Å². The molecule has 0 radical (unpaired) electrons. The molecule has 0 saturated carbocycles. The second-order valence-electron chi connectivity index (χ2n) is 3.74. The fourth-order valence-electron chi connectivity index (χ4n) is 1.42. The predicted octanol–water partition coefficient (Wildman–Crippen LogP) is 4.21. The molecule has 98 valence electrons. The SMILES string of the molecule is N=C(N)c1ccc(Oc2ccc(Cl)c(F)c2)c(Cl)c1. The van der Waals surface area contributed by atoms with Gasteiger partial charge in [0.2, 0.25) is 0 Å². The van der Waals surface area contributed by atoms with E-state index in [1.807, 2.05) is 0 Å². The highest BCUT2D eigenvalue weighted by Gasteiger charge is 2.08. The normalized spacial score (nSPS) is 10.3. The number of amidine groups is 1. The maximum atomic E-state index is 13.3. The highest BCUT2D eigenvalue weighted by molar-refractivity contribution is 6.32. The first kappa shape index (κ1) is 13.6. The molecule has 2 aromatic carbocycles. The van der Waals surface area contributed by atoms with E-state index >= 15 is 0 Å². The highest BCUT2D eigenvalue weighted by Crippen LogP contribution is 2.31. The van der Waals surface area contributed by atoms with Crippen molar-refractivity contribution in [3.05, 3.63) is 57.8 Å². The summed E-state index contributed by atoms with van der Waals surface area (Å²) >= 11 is 11.6. The van der Waals surface area contributed by atoms with Crippen LogP contribution in [-0.2, 0) is 0 Å². The topological polar surface area (TPSA) is 59.1 Å². The van der Waals surface area contributed by atoms with Gasteiger partial charge >= 0.3 is 0 Å². The number of nitrogens with one attached hydrogen (secondary N) is 1. The van der Waals surface area contributed by atoms with Crippen molar-refractivity contribution in [1.82, 2.24) is 0 Å². The maximum Gasteiger partial charge on any atom is 0.146 e. The van der Waals surface area contributed by atoms with Gasteiger partial charge in [-0.15, -0.1) is 0 Å². The van der Waals surface area contributed by atoms with E-state index in [1.54, 1.807) is 12.1 Å². The molecule has 0 aromatic heterocycles. The quantitative estimate of drug-likeness (QED) is 0.659. The Morgan fingerprint density at radius 1 is 1.11 bits per heavy atom. The smallest absolute Gasteiger partial charge is 0.146 e. The third kappa shape index (κ3) is 3.16. The molecule has 0 aliphatic rings. The Morgan fingerprint density at radius 3 is 2.42 bits per heavy atom. The second kappa shape index (κ2) is 5.47. The summed E-state index contributed by atoms with van der Waals surface area (Å²) in [4.78, 5) is 0. The van der Waals surface area contributed by atoms with Gasteiger partial charge in [-0.2, -0.15) is 0 Å². The lowest BCUT2D eigenvalue weighted by molar-refractivity contribution is 0.477. The Bertz CT molecular complexity index is 647.